The van der Waals surface area contributed by atoms with Crippen molar-refractivity contribution in [1.82, 2.24) is 14.9 Å². The topological polar surface area (TPSA) is 90.8 Å². The summed E-state index contributed by atoms with van der Waals surface area (Å²) in [6.07, 6.45) is 5.69. The zero-order chi connectivity index (χ0) is 18.6. The second-order valence-electron chi connectivity index (χ2n) is 7.63. The van der Waals surface area contributed by atoms with Crippen LogP contribution in [0.25, 0.3) is 0 Å². The van der Waals surface area contributed by atoms with Crippen LogP contribution in [0.1, 0.15) is 43.7 Å². The third-order valence-electron chi connectivity index (χ3n) is 5.82. The molecule has 1 aliphatic carbocycles. The molecule has 1 saturated carbocycles. The first-order valence-electron chi connectivity index (χ1n) is 10.1. The Hall–Kier alpha value is -1.93. The van der Waals surface area contributed by atoms with Crippen LogP contribution < -0.4 is 10.2 Å². The van der Waals surface area contributed by atoms with Gasteiger partial charge in [0.05, 0.1) is 25.5 Å². The summed E-state index contributed by atoms with van der Waals surface area (Å²) in [6, 6.07) is 2.43. The number of nitrogens with one attached hydrogen (secondary N) is 1. The molecular formula is C19H29N5O3. The summed E-state index contributed by atoms with van der Waals surface area (Å²) >= 11 is 0. The number of hydrogen-bond donors (Lipinski definition) is 2. The van der Waals surface area contributed by atoms with Gasteiger partial charge in [0, 0.05) is 44.3 Å². The Balaban J connectivity index is 1.51. The number of anilines is 2. The molecule has 1 atom stereocenters. The highest BCUT2D eigenvalue weighted by Gasteiger charge is 2.32. The molecule has 0 radical (unpaired) electrons. The minimum absolute atomic E-state index is 0.0218. The SMILES string of the molecule is O=C1CN(c2cc([C@@H]3CCOC3)nc(NCCO)n2)CCN1C1CCCC1. The van der Waals surface area contributed by atoms with Gasteiger partial charge >= 0.3 is 0 Å². The number of aliphatic hydroxyl groups is 1. The van der Waals surface area contributed by atoms with Crippen molar-refractivity contribution in [3.8, 4) is 0 Å². The second-order valence-corrected chi connectivity index (χ2v) is 7.63. The maximum Gasteiger partial charge on any atom is 0.242 e. The van der Waals surface area contributed by atoms with Crippen molar-refractivity contribution >= 4 is 17.7 Å². The fraction of sp³-hybridized carbons (Fsp3) is 0.737. The van der Waals surface area contributed by atoms with E-state index in [1.54, 1.807) is 0 Å². The maximum absolute atomic E-state index is 12.7. The lowest BCUT2D eigenvalue weighted by Crippen LogP contribution is -2.53. The van der Waals surface area contributed by atoms with E-state index in [-0.39, 0.29) is 18.4 Å². The van der Waals surface area contributed by atoms with Gasteiger partial charge in [0.15, 0.2) is 0 Å². The fourth-order valence-corrected chi connectivity index (χ4v) is 4.32. The largest absolute Gasteiger partial charge is 0.395 e. The molecule has 2 saturated heterocycles. The summed E-state index contributed by atoms with van der Waals surface area (Å²) in [6.45, 7) is 3.76. The number of rotatable bonds is 6. The zero-order valence-electron chi connectivity index (χ0n) is 15.8. The zero-order valence-corrected chi connectivity index (χ0v) is 15.8. The minimum Gasteiger partial charge on any atom is -0.395 e. The summed E-state index contributed by atoms with van der Waals surface area (Å²) in [5.41, 5.74) is 0.948. The van der Waals surface area contributed by atoms with Crippen molar-refractivity contribution in [2.45, 2.75) is 44.1 Å². The first kappa shape index (κ1) is 18.4. The molecule has 0 unspecified atom stereocenters. The van der Waals surface area contributed by atoms with Crippen molar-refractivity contribution in [2.24, 2.45) is 0 Å². The van der Waals surface area contributed by atoms with Gasteiger partial charge < -0.3 is 25.0 Å². The lowest BCUT2D eigenvalue weighted by molar-refractivity contribution is -0.133. The number of amides is 1. The predicted molar refractivity (Wildman–Crippen MR) is 102 cm³/mol. The molecule has 4 rings (SSSR count). The van der Waals surface area contributed by atoms with E-state index in [2.05, 4.69) is 25.1 Å². The van der Waals surface area contributed by atoms with E-state index in [0.29, 0.717) is 31.7 Å². The van der Waals surface area contributed by atoms with E-state index in [1.807, 2.05) is 6.07 Å². The highest BCUT2D eigenvalue weighted by Crippen LogP contribution is 2.29. The van der Waals surface area contributed by atoms with Crippen molar-refractivity contribution in [3.63, 3.8) is 0 Å². The number of ether oxygens (including phenoxy) is 1. The molecule has 8 nitrogen and oxygen atoms in total. The van der Waals surface area contributed by atoms with Crippen LogP contribution in [0.3, 0.4) is 0 Å². The summed E-state index contributed by atoms with van der Waals surface area (Å²) in [4.78, 5) is 26.1. The third-order valence-corrected chi connectivity index (χ3v) is 5.82. The molecule has 148 valence electrons. The number of aliphatic hydroxyl groups excluding tert-OH is 1. The van der Waals surface area contributed by atoms with E-state index >= 15 is 0 Å². The van der Waals surface area contributed by atoms with Crippen molar-refractivity contribution < 1.29 is 14.6 Å². The van der Waals surface area contributed by atoms with Gasteiger partial charge in [0.1, 0.15) is 5.82 Å². The Bertz CT molecular complexity index is 659. The molecule has 27 heavy (non-hydrogen) atoms. The number of nitrogens with zero attached hydrogens (tertiary/aromatic N) is 4. The van der Waals surface area contributed by atoms with E-state index < -0.39 is 0 Å². The van der Waals surface area contributed by atoms with Crippen LogP contribution in [0.2, 0.25) is 0 Å². The summed E-state index contributed by atoms with van der Waals surface area (Å²) in [7, 11) is 0. The smallest absolute Gasteiger partial charge is 0.242 e. The highest BCUT2D eigenvalue weighted by molar-refractivity contribution is 5.83. The summed E-state index contributed by atoms with van der Waals surface area (Å²) < 4.78 is 5.51. The molecule has 2 aliphatic heterocycles. The molecule has 0 bridgehead atoms. The second kappa shape index (κ2) is 8.39. The molecule has 3 aliphatic rings. The van der Waals surface area contributed by atoms with Crippen molar-refractivity contribution in [2.75, 3.05) is 56.2 Å². The average Bonchev–Trinajstić information content (AvgIpc) is 3.40. The summed E-state index contributed by atoms with van der Waals surface area (Å²) in [5, 5.41) is 12.2. The highest BCUT2D eigenvalue weighted by atomic mass is 16.5. The van der Waals surface area contributed by atoms with Gasteiger partial charge in [0.2, 0.25) is 11.9 Å². The first-order valence-corrected chi connectivity index (χ1v) is 10.1. The van der Waals surface area contributed by atoms with Crippen LogP contribution in [0.15, 0.2) is 6.07 Å². The van der Waals surface area contributed by atoms with Gasteiger partial charge in [-0.3, -0.25) is 4.79 Å². The number of piperazine rings is 1. The molecule has 3 heterocycles. The van der Waals surface area contributed by atoms with Crippen LogP contribution in [0.5, 0.6) is 0 Å². The first-order chi connectivity index (χ1) is 13.2. The van der Waals surface area contributed by atoms with Gasteiger partial charge in [-0.2, -0.15) is 4.98 Å². The number of hydrogen-bond acceptors (Lipinski definition) is 7. The van der Waals surface area contributed by atoms with Crippen molar-refractivity contribution in [1.29, 1.82) is 0 Å². The Labute approximate surface area is 159 Å². The van der Waals surface area contributed by atoms with E-state index in [9.17, 15) is 4.79 Å². The number of carbonyl (C=O) groups excluding carboxylic acids is 1. The number of aromatic nitrogens is 2. The molecule has 0 spiro atoms. The van der Waals surface area contributed by atoms with Gasteiger partial charge in [-0.25, -0.2) is 4.98 Å². The van der Waals surface area contributed by atoms with Crippen LogP contribution in [-0.2, 0) is 9.53 Å². The molecule has 0 aromatic carbocycles. The lowest BCUT2D eigenvalue weighted by atomic mass is 10.0. The molecule has 1 aromatic rings. The molecule has 1 amide bonds. The van der Waals surface area contributed by atoms with Gasteiger partial charge in [-0.1, -0.05) is 12.8 Å². The standard InChI is InChI=1S/C19H29N5O3/c25-9-6-20-19-21-16(14-5-10-27-13-14)11-17(22-19)23-7-8-24(18(26)12-23)15-3-1-2-4-15/h11,14-15,25H,1-10,12-13H2,(H,20,21,22)/t14-/m1/s1. The fourth-order valence-electron chi connectivity index (χ4n) is 4.32. The minimum atomic E-state index is 0.0218. The van der Waals surface area contributed by atoms with Gasteiger partial charge in [-0.15, -0.1) is 0 Å². The average molecular weight is 375 g/mol. The van der Waals surface area contributed by atoms with Crippen LogP contribution in [0.4, 0.5) is 11.8 Å². The normalized spacial score (nSPS) is 24.0. The molecule has 3 fully saturated rings. The Kier molecular flexibility index (Phi) is 5.73. The molecule has 8 heteroatoms. The Morgan fingerprint density at radius 2 is 2.07 bits per heavy atom. The molecule has 2 N–H and O–H groups in total. The van der Waals surface area contributed by atoms with E-state index in [4.69, 9.17) is 9.84 Å². The Morgan fingerprint density at radius 3 is 2.78 bits per heavy atom. The quantitative estimate of drug-likeness (QED) is 0.766. The Morgan fingerprint density at radius 1 is 1.22 bits per heavy atom. The molecular weight excluding hydrogens is 346 g/mol. The molecule has 1 aromatic heterocycles. The predicted octanol–water partition coefficient (Wildman–Crippen LogP) is 0.976. The maximum atomic E-state index is 12.7. The number of carbonyl (C=O) groups is 1. The monoisotopic (exact) mass is 375 g/mol. The third kappa shape index (κ3) is 4.16. The summed E-state index contributed by atoms with van der Waals surface area (Å²) in [5.74, 6) is 1.75. The van der Waals surface area contributed by atoms with Gasteiger partial charge in [0.25, 0.3) is 0 Å². The van der Waals surface area contributed by atoms with Crippen LogP contribution in [-0.4, -0.2) is 77.9 Å². The van der Waals surface area contributed by atoms with E-state index in [0.717, 1.165) is 50.5 Å². The van der Waals surface area contributed by atoms with Gasteiger partial charge in [-0.05, 0) is 19.3 Å². The van der Waals surface area contributed by atoms with Crippen LogP contribution in [0, 0.1) is 0 Å². The van der Waals surface area contributed by atoms with Crippen molar-refractivity contribution in [3.05, 3.63) is 11.8 Å². The van der Waals surface area contributed by atoms with Crippen LogP contribution >= 0.6 is 0 Å². The lowest BCUT2D eigenvalue weighted by Gasteiger charge is -2.38. The van der Waals surface area contributed by atoms with E-state index in [1.165, 1.54) is 12.8 Å².